The van der Waals surface area contributed by atoms with E-state index in [1.807, 2.05) is 0 Å². The molecule has 0 saturated carbocycles. The van der Waals surface area contributed by atoms with Crippen molar-refractivity contribution in [1.82, 2.24) is 14.9 Å². The maximum atomic E-state index is 12.5. The normalized spacial score (nSPS) is 26.4. The Balaban J connectivity index is 1.89. The lowest BCUT2D eigenvalue weighted by Crippen LogP contribution is -2.49. The van der Waals surface area contributed by atoms with Gasteiger partial charge in [-0.1, -0.05) is 11.6 Å². The molecule has 0 bridgehead atoms. The van der Waals surface area contributed by atoms with Gasteiger partial charge < -0.3 is 5.32 Å². The Bertz CT molecular complexity index is 730. The highest BCUT2D eigenvalue weighted by atomic mass is 79.9. The van der Waals surface area contributed by atoms with Crippen LogP contribution in [0.1, 0.15) is 6.42 Å². The van der Waals surface area contributed by atoms with Crippen molar-refractivity contribution in [3.05, 3.63) is 14.9 Å². The lowest BCUT2D eigenvalue weighted by Gasteiger charge is -2.20. The third kappa shape index (κ3) is 2.38. The van der Waals surface area contributed by atoms with Crippen LogP contribution in [0.2, 0.25) is 5.02 Å². The summed E-state index contributed by atoms with van der Waals surface area (Å²) in [5, 5.41) is 4.97. The molecule has 2 N–H and O–H groups in total. The number of carbonyl (C=O) groups is 2. The lowest BCUT2D eigenvalue weighted by atomic mass is 10.00. The third-order valence-corrected chi connectivity index (χ3v) is 8.23. The molecule has 114 valence electrons. The molecule has 2 aliphatic rings. The van der Waals surface area contributed by atoms with Gasteiger partial charge in [-0.2, -0.15) is 4.31 Å². The van der Waals surface area contributed by atoms with Gasteiger partial charge in [-0.05, 0) is 28.4 Å². The lowest BCUT2D eigenvalue weighted by molar-refractivity contribution is -0.123. The first-order valence-corrected chi connectivity index (χ1v) is 9.26. The van der Waals surface area contributed by atoms with E-state index in [2.05, 4.69) is 26.6 Å². The van der Waals surface area contributed by atoms with E-state index < -0.39 is 27.5 Å². The molecule has 11 heteroatoms. The van der Waals surface area contributed by atoms with Gasteiger partial charge in [-0.3, -0.25) is 10.1 Å². The van der Waals surface area contributed by atoms with Crippen LogP contribution in [0.3, 0.4) is 0 Å². The maximum absolute atomic E-state index is 12.5. The molecule has 2 aliphatic heterocycles. The molecule has 3 amide bonds. The summed E-state index contributed by atoms with van der Waals surface area (Å²) < 4.78 is 26.9. The zero-order valence-corrected chi connectivity index (χ0v) is 14.3. The molecule has 0 aliphatic carbocycles. The fourth-order valence-electron chi connectivity index (χ4n) is 2.38. The van der Waals surface area contributed by atoms with Crippen LogP contribution < -0.4 is 10.6 Å². The van der Waals surface area contributed by atoms with E-state index in [4.69, 9.17) is 11.6 Å². The molecule has 3 rings (SSSR count). The summed E-state index contributed by atoms with van der Waals surface area (Å²) in [5.74, 6) is -0.490. The second kappa shape index (κ2) is 4.92. The van der Waals surface area contributed by atoms with Gasteiger partial charge in [-0.15, -0.1) is 11.3 Å². The number of hydrogen-bond donors (Lipinski definition) is 2. The Labute approximate surface area is 137 Å². The zero-order valence-electron chi connectivity index (χ0n) is 10.4. The first-order valence-electron chi connectivity index (χ1n) is 5.83. The second-order valence-electron chi connectivity index (χ2n) is 4.77. The molecule has 3 heterocycles. The Morgan fingerprint density at radius 1 is 1.43 bits per heavy atom. The predicted molar refractivity (Wildman–Crippen MR) is 79.8 cm³/mol. The molecular weight excluding hydrogens is 406 g/mol. The van der Waals surface area contributed by atoms with Gasteiger partial charge in [0.15, 0.2) is 0 Å². The number of urea groups is 1. The van der Waals surface area contributed by atoms with Crippen molar-refractivity contribution >= 4 is 60.8 Å². The summed E-state index contributed by atoms with van der Waals surface area (Å²) in [4.78, 5) is 23.1. The van der Waals surface area contributed by atoms with E-state index in [1.165, 1.54) is 10.4 Å². The van der Waals surface area contributed by atoms with Crippen LogP contribution >= 0.6 is 38.9 Å². The van der Waals surface area contributed by atoms with Gasteiger partial charge in [0.25, 0.3) is 15.9 Å². The molecule has 2 saturated heterocycles. The zero-order chi connectivity index (χ0) is 15.4. The third-order valence-electron chi connectivity index (χ3n) is 3.47. The molecule has 0 radical (unpaired) electrons. The first kappa shape index (κ1) is 15.2. The second-order valence-corrected chi connectivity index (χ2v) is 9.71. The molecule has 1 aromatic heterocycles. The molecule has 1 atom stereocenters. The molecule has 1 aromatic rings. The van der Waals surface area contributed by atoms with Crippen molar-refractivity contribution in [2.75, 3.05) is 13.1 Å². The number of carbonyl (C=O) groups excluding carboxylic acids is 2. The van der Waals surface area contributed by atoms with E-state index >= 15 is 0 Å². The van der Waals surface area contributed by atoms with Gasteiger partial charge in [0.1, 0.15) is 9.75 Å². The van der Waals surface area contributed by atoms with Gasteiger partial charge >= 0.3 is 6.03 Å². The summed E-state index contributed by atoms with van der Waals surface area (Å²) in [6.45, 7) is 0.0726. The number of amides is 3. The van der Waals surface area contributed by atoms with Gasteiger partial charge in [0, 0.05) is 13.1 Å². The molecule has 1 unspecified atom stereocenters. The number of sulfonamides is 1. The number of rotatable bonds is 2. The van der Waals surface area contributed by atoms with Crippen LogP contribution in [0.25, 0.3) is 0 Å². The number of nitrogens with one attached hydrogen (secondary N) is 2. The van der Waals surface area contributed by atoms with E-state index in [1.54, 1.807) is 0 Å². The Morgan fingerprint density at radius 3 is 2.67 bits per heavy atom. The summed E-state index contributed by atoms with van der Waals surface area (Å²) in [6, 6.07) is 0.769. The van der Waals surface area contributed by atoms with E-state index in [0.29, 0.717) is 8.81 Å². The monoisotopic (exact) mass is 413 g/mol. The molecule has 1 spiro atoms. The van der Waals surface area contributed by atoms with E-state index in [-0.39, 0.29) is 23.7 Å². The number of thiophene rings is 1. The fraction of sp³-hybridized carbons (Fsp3) is 0.400. The Kier molecular flexibility index (Phi) is 3.56. The number of hydrogen-bond acceptors (Lipinski definition) is 5. The van der Waals surface area contributed by atoms with Crippen molar-refractivity contribution in [1.29, 1.82) is 0 Å². The van der Waals surface area contributed by atoms with Crippen molar-refractivity contribution < 1.29 is 18.0 Å². The molecule has 0 aromatic carbocycles. The van der Waals surface area contributed by atoms with Crippen LogP contribution in [-0.2, 0) is 14.8 Å². The Hall–Kier alpha value is -0.680. The SMILES string of the molecule is O=C1NC(=O)C2(CCN(S(=O)(=O)c3cc(Cl)c(Br)s3)C2)N1. The quantitative estimate of drug-likeness (QED) is 0.709. The number of halogens is 2. The van der Waals surface area contributed by atoms with Crippen LogP contribution in [0.5, 0.6) is 0 Å². The number of imide groups is 1. The van der Waals surface area contributed by atoms with Crippen LogP contribution in [0, 0.1) is 0 Å². The van der Waals surface area contributed by atoms with E-state index in [0.717, 1.165) is 11.3 Å². The van der Waals surface area contributed by atoms with E-state index in [9.17, 15) is 18.0 Å². The highest BCUT2D eigenvalue weighted by Crippen LogP contribution is 2.38. The van der Waals surface area contributed by atoms with Crippen molar-refractivity contribution in [2.24, 2.45) is 0 Å². The summed E-state index contributed by atoms with van der Waals surface area (Å²) >= 11 is 10.0. The highest BCUT2D eigenvalue weighted by molar-refractivity contribution is 9.11. The number of nitrogens with zero attached hydrogens (tertiary/aromatic N) is 1. The molecule has 2 fully saturated rings. The standard InChI is InChI=1S/C10H9BrClN3O4S2/c11-7-5(12)3-6(20-7)21(18,19)15-2-1-10(4-15)8(16)13-9(17)14-10/h3H,1-2,4H2,(H2,13,14,16,17). The molecular formula is C10H9BrClN3O4S2. The summed E-state index contributed by atoms with van der Waals surface area (Å²) in [7, 11) is -3.74. The van der Waals surface area contributed by atoms with Crippen molar-refractivity contribution in [2.45, 2.75) is 16.2 Å². The minimum Gasteiger partial charge on any atom is -0.322 e. The highest BCUT2D eigenvalue weighted by Gasteiger charge is 2.53. The first-order chi connectivity index (χ1) is 9.74. The summed E-state index contributed by atoms with van der Waals surface area (Å²) in [5.41, 5.74) is -1.16. The van der Waals surface area contributed by atoms with Crippen molar-refractivity contribution in [3.63, 3.8) is 0 Å². The molecule has 21 heavy (non-hydrogen) atoms. The van der Waals surface area contributed by atoms with Crippen LogP contribution in [0.15, 0.2) is 14.1 Å². The maximum Gasteiger partial charge on any atom is 0.322 e. The van der Waals surface area contributed by atoms with Gasteiger partial charge in [-0.25, -0.2) is 13.2 Å². The van der Waals surface area contributed by atoms with Gasteiger partial charge in [0.2, 0.25) is 0 Å². The topological polar surface area (TPSA) is 95.6 Å². The average molecular weight is 415 g/mol. The molecule has 7 nitrogen and oxygen atoms in total. The van der Waals surface area contributed by atoms with Crippen LogP contribution in [-0.4, -0.2) is 43.3 Å². The largest absolute Gasteiger partial charge is 0.322 e. The van der Waals surface area contributed by atoms with Gasteiger partial charge in [0.05, 0.1) is 8.81 Å². The predicted octanol–water partition coefficient (Wildman–Crippen LogP) is 1.14. The average Bonchev–Trinajstić information content (AvgIpc) is 3.03. The Morgan fingerprint density at radius 2 is 2.14 bits per heavy atom. The van der Waals surface area contributed by atoms with Crippen LogP contribution in [0.4, 0.5) is 4.79 Å². The smallest absolute Gasteiger partial charge is 0.322 e. The fourth-order valence-corrected chi connectivity index (χ4v) is 6.43. The minimum atomic E-state index is -3.74. The minimum absolute atomic E-state index is 0.0833. The summed E-state index contributed by atoms with van der Waals surface area (Å²) in [6.07, 6.45) is 0.240. The van der Waals surface area contributed by atoms with Crippen molar-refractivity contribution in [3.8, 4) is 0 Å².